The minimum Gasteiger partial charge on any atom is -0.504 e. The summed E-state index contributed by atoms with van der Waals surface area (Å²) in [6.45, 7) is 1.40. The minimum absolute atomic E-state index is 0.00778. The molecule has 0 atom stereocenters. The monoisotopic (exact) mass is 209 g/mol. The van der Waals surface area contributed by atoms with Crippen LogP contribution >= 0.6 is 0 Å². The van der Waals surface area contributed by atoms with E-state index >= 15 is 0 Å². The second-order valence-corrected chi connectivity index (χ2v) is 2.97. The van der Waals surface area contributed by atoms with Gasteiger partial charge < -0.3 is 9.84 Å². The lowest BCUT2D eigenvalue weighted by Crippen LogP contribution is -1.93. The molecular formula is C10H11NO4. The quantitative estimate of drug-likeness (QED) is 0.610. The second kappa shape index (κ2) is 4.45. The first-order chi connectivity index (χ1) is 7.04. The molecule has 0 heterocycles. The molecule has 5 heteroatoms. The van der Waals surface area contributed by atoms with Crippen molar-refractivity contribution in [1.29, 1.82) is 0 Å². The Morgan fingerprint density at radius 2 is 2.27 bits per heavy atom. The molecule has 0 saturated carbocycles. The Kier molecular flexibility index (Phi) is 3.28. The smallest absolute Gasteiger partial charge is 0.243 e. The molecule has 80 valence electrons. The zero-order valence-corrected chi connectivity index (χ0v) is 8.43. The number of aromatic hydroxyl groups is 1. The van der Waals surface area contributed by atoms with Crippen LogP contribution in [0.5, 0.6) is 11.5 Å². The number of nitrogens with zero attached hydrogens (tertiary/aromatic N) is 1. The number of rotatable bonds is 3. The molecule has 0 spiro atoms. The Hall–Kier alpha value is -2.04. The van der Waals surface area contributed by atoms with E-state index in [1.54, 1.807) is 6.07 Å². The van der Waals surface area contributed by atoms with Gasteiger partial charge >= 0.3 is 0 Å². The Morgan fingerprint density at radius 1 is 1.60 bits per heavy atom. The molecule has 0 aliphatic carbocycles. The Balaban J connectivity index is 3.07. The van der Waals surface area contributed by atoms with E-state index in [1.807, 2.05) is 0 Å². The average molecular weight is 209 g/mol. The van der Waals surface area contributed by atoms with E-state index in [0.717, 1.165) is 0 Å². The van der Waals surface area contributed by atoms with Gasteiger partial charge in [-0.1, -0.05) is 6.07 Å². The Labute approximate surface area is 86.8 Å². The fraction of sp³-hybridized carbons (Fsp3) is 0.200. The zero-order valence-electron chi connectivity index (χ0n) is 8.43. The van der Waals surface area contributed by atoms with Crippen LogP contribution in [0, 0.1) is 10.1 Å². The first-order valence-electron chi connectivity index (χ1n) is 4.24. The Bertz CT molecular complexity index is 412. The topological polar surface area (TPSA) is 72.6 Å². The fourth-order valence-electron chi connectivity index (χ4n) is 1.08. The van der Waals surface area contributed by atoms with Gasteiger partial charge in [0.1, 0.15) is 0 Å². The highest BCUT2D eigenvalue weighted by Gasteiger charge is 2.05. The lowest BCUT2D eigenvalue weighted by Gasteiger charge is -2.03. The van der Waals surface area contributed by atoms with Crippen LogP contribution in [0.2, 0.25) is 0 Å². The van der Waals surface area contributed by atoms with Gasteiger partial charge in [-0.3, -0.25) is 10.1 Å². The summed E-state index contributed by atoms with van der Waals surface area (Å²) >= 11 is 0. The maximum atomic E-state index is 10.4. The highest BCUT2D eigenvalue weighted by molar-refractivity contribution is 5.56. The van der Waals surface area contributed by atoms with Crippen molar-refractivity contribution in [1.82, 2.24) is 0 Å². The van der Waals surface area contributed by atoms with E-state index in [-0.39, 0.29) is 11.4 Å². The molecule has 0 aromatic heterocycles. The van der Waals surface area contributed by atoms with E-state index in [2.05, 4.69) is 0 Å². The van der Waals surface area contributed by atoms with Crippen molar-refractivity contribution in [2.45, 2.75) is 6.92 Å². The van der Waals surface area contributed by atoms with Crippen LogP contribution in [0.15, 0.2) is 23.9 Å². The maximum Gasteiger partial charge on any atom is 0.243 e. The summed E-state index contributed by atoms with van der Waals surface area (Å²) in [6.07, 6.45) is 1.40. The van der Waals surface area contributed by atoms with E-state index in [4.69, 9.17) is 4.74 Å². The summed E-state index contributed by atoms with van der Waals surface area (Å²) in [4.78, 5) is 9.91. The summed E-state index contributed by atoms with van der Waals surface area (Å²) in [5.74, 6) is 0.299. The highest BCUT2D eigenvalue weighted by atomic mass is 16.6. The molecule has 0 aliphatic heterocycles. The molecule has 0 unspecified atom stereocenters. The third-order valence-corrected chi connectivity index (χ3v) is 1.87. The first kappa shape index (κ1) is 11.0. The van der Waals surface area contributed by atoms with Gasteiger partial charge in [0.15, 0.2) is 11.5 Å². The van der Waals surface area contributed by atoms with Crippen LogP contribution in [-0.2, 0) is 0 Å². The standard InChI is InChI=1S/C10H11NO4/c1-7(11(13)14)5-8-3-4-9(12)10(6-8)15-2/h3-6,12H,1-2H3/b7-5-. The van der Waals surface area contributed by atoms with Crippen molar-refractivity contribution in [2.75, 3.05) is 7.11 Å². The van der Waals surface area contributed by atoms with Crippen molar-refractivity contribution in [2.24, 2.45) is 0 Å². The van der Waals surface area contributed by atoms with Gasteiger partial charge in [0, 0.05) is 13.0 Å². The molecule has 15 heavy (non-hydrogen) atoms. The molecule has 0 radical (unpaired) electrons. The van der Waals surface area contributed by atoms with E-state index in [9.17, 15) is 15.2 Å². The predicted octanol–water partition coefficient (Wildman–Crippen LogP) is 2.04. The minimum atomic E-state index is -0.473. The molecule has 1 N–H and O–H groups in total. The third-order valence-electron chi connectivity index (χ3n) is 1.87. The van der Waals surface area contributed by atoms with Gasteiger partial charge in [0.2, 0.25) is 5.70 Å². The van der Waals surface area contributed by atoms with Crippen LogP contribution < -0.4 is 4.74 Å². The number of ether oxygens (including phenoxy) is 1. The molecule has 0 saturated heterocycles. The SMILES string of the molecule is COc1cc(/C=C(/C)[N+](=O)[O-])ccc1O. The first-order valence-corrected chi connectivity index (χ1v) is 4.24. The molecule has 1 rings (SSSR count). The van der Waals surface area contributed by atoms with Crippen LogP contribution in [-0.4, -0.2) is 17.1 Å². The molecule has 0 aliphatic rings. The largest absolute Gasteiger partial charge is 0.504 e. The number of methoxy groups -OCH3 is 1. The van der Waals surface area contributed by atoms with Gasteiger partial charge in [0.05, 0.1) is 12.0 Å². The van der Waals surface area contributed by atoms with Gasteiger partial charge in [-0.15, -0.1) is 0 Å². The molecule has 0 fully saturated rings. The summed E-state index contributed by atoms with van der Waals surface area (Å²) in [6, 6.07) is 4.53. The summed E-state index contributed by atoms with van der Waals surface area (Å²) in [5.41, 5.74) is 0.640. The van der Waals surface area contributed by atoms with E-state index in [0.29, 0.717) is 11.3 Å². The molecular weight excluding hydrogens is 198 g/mol. The Morgan fingerprint density at radius 3 is 2.80 bits per heavy atom. The van der Waals surface area contributed by atoms with Gasteiger partial charge in [-0.25, -0.2) is 0 Å². The molecule has 1 aromatic rings. The fourth-order valence-corrected chi connectivity index (χ4v) is 1.08. The lowest BCUT2D eigenvalue weighted by atomic mass is 10.2. The summed E-state index contributed by atoms with van der Waals surface area (Å²) in [5, 5.41) is 19.7. The third kappa shape index (κ3) is 2.70. The van der Waals surface area contributed by atoms with Crippen molar-refractivity contribution in [3.05, 3.63) is 39.6 Å². The number of allylic oxidation sites excluding steroid dienone is 1. The number of phenols is 1. The highest BCUT2D eigenvalue weighted by Crippen LogP contribution is 2.27. The average Bonchev–Trinajstić information content (AvgIpc) is 2.20. The summed E-state index contributed by atoms with van der Waals surface area (Å²) < 4.78 is 4.88. The van der Waals surface area contributed by atoms with Crippen LogP contribution in [0.4, 0.5) is 0 Å². The van der Waals surface area contributed by atoms with E-state index in [1.165, 1.54) is 32.2 Å². The van der Waals surface area contributed by atoms with Gasteiger partial charge in [-0.2, -0.15) is 0 Å². The lowest BCUT2D eigenvalue weighted by molar-refractivity contribution is -0.422. The molecule has 1 aromatic carbocycles. The van der Waals surface area contributed by atoms with Crippen LogP contribution in [0.25, 0.3) is 6.08 Å². The van der Waals surface area contributed by atoms with Crippen LogP contribution in [0.1, 0.15) is 12.5 Å². The number of hydrogen-bond donors (Lipinski definition) is 1. The van der Waals surface area contributed by atoms with Crippen molar-refractivity contribution < 1.29 is 14.8 Å². The molecule has 0 amide bonds. The van der Waals surface area contributed by atoms with Crippen LogP contribution in [0.3, 0.4) is 0 Å². The van der Waals surface area contributed by atoms with E-state index < -0.39 is 4.92 Å². The molecule has 5 nitrogen and oxygen atoms in total. The summed E-state index contributed by atoms with van der Waals surface area (Å²) in [7, 11) is 1.42. The van der Waals surface area contributed by atoms with Gasteiger partial charge in [0.25, 0.3) is 0 Å². The number of nitro groups is 1. The van der Waals surface area contributed by atoms with Crippen molar-refractivity contribution in [3.63, 3.8) is 0 Å². The number of phenolic OH excluding ortho intramolecular Hbond substituents is 1. The van der Waals surface area contributed by atoms with Crippen molar-refractivity contribution in [3.8, 4) is 11.5 Å². The van der Waals surface area contributed by atoms with Gasteiger partial charge in [-0.05, 0) is 17.7 Å². The number of benzene rings is 1. The second-order valence-electron chi connectivity index (χ2n) is 2.97. The predicted molar refractivity (Wildman–Crippen MR) is 55.3 cm³/mol. The zero-order chi connectivity index (χ0) is 11.4. The molecule has 0 bridgehead atoms. The number of hydrogen-bond acceptors (Lipinski definition) is 4. The van der Waals surface area contributed by atoms with Crippen molar-refractivity contribution >= 4 is 6.08 Å². The maximum absolute atomic E-state index is 10.4. The normalized spacial score (nSPS) is 11.2.